The van der Waals surface area contributed by atoms with E-state index in [9.17, 15) is 14.4 Å². The summed E-state index contributed by atoms with van der Waals surface area (Å²) in [5.74, 6) is -5.48. The molecule has 7 nitrogen and oxygen atoms in total. The fourth-order valence-electron chi connectivity index (χ4n) is 0.693. The van der Waals surface area contributed by atoms with Crippen LogP contribution in [0.25, 0.3) is 0 Å². The number of rotatable bonds is 5. The van der Waals surface area contributed by atoms with Crippen molar-refractivity contribution >= 4 is 17.8 Å². The Morgan fingerprint density at radius 1 is 1.15 bits per heavy atom. The summed E-state index contributed by atoms with van der Waals surface area (Å²) < 4.78 is 0. The maximum Gasteiger partial charge on any atom is 0.320 e. The first-order valence-corrected chi connectivity index (χ1v) is 3.36. The summed E-state index contributed by atoms with van der Waals surface area (Å²) in [4.78, 5) is 31.1. The molecule has 0 rings (SSSR count). The Bertz CT molecular complexity index is 225. The van der Waals surface area contributed by atoms with Crippen LogP contribution < -0.4 is 11.5 Å². The summed E-state index contributed by atoms with van der Waals surface area (Å²) in [6.07, 6.45) is -0.500. The molecule has 13 heavy (non-hydrogen) atoms. The quantitative estimate of drug-likeness (QED) is 0.368. The van der Waals surface area contributed by atoms with Crippen LogP contribution in [0.5, 0.6) is 0 Å². The van der Waals surface area contributed by atoms with E-state index in [2.05, 4.69) is 0 Å². The van der Waals surface area contributed by atoms with Gasteiger partial charge in [-0.1, -0.05) is 0 Å². The minimum absolute atomic E-state index is 0.500. The third-order valence-electron chi connectivity index (χ3n) is 1.45. The highest BCUT2D eigenvalue weighted by molar-refractivity contribution is 5.96. The summed E-state index contributed by atoms with van der Waals surface area (Å²) in [6, 6.07) is -1.39. The normalized spacial score (nSPS) is 14.5. The molecule has 1 amide bonds. The lowest BCUT2D eigenvalue weighted by Crippen LogP contribution is -2.39. The summed E-state index contributed by atoms with van der Waals surface area (Å²) in [5, 5.41) is 16.7. The van der Waals surface area contributed by atoms with Gasteiger partial charge in [0.15, 0.2) is 0 Å². The Balaban J connectivity index is 4.35. The number of carboxylic acid groups (broad SMARTS) is 2. The van der Waals surface area contributed by atoms with Gasteiger partial charge in [0.25, 0.3) is 0 Å². The molecule has 0 aliphatic carbocycles. The molecule has 0 radical (unpaired) electrons. The highest BCUT2D eigenvalue weighted by Gasteiger charge is 2.28. The molecule has 0 aromatic carbocycles. The fourth-order valence-corrected chi connectivity index (χ4v) is 0.693. The topological polar surface area (TPSA) is 144 Å². The predicted molar refractivity (Wildman–Crippen MR) is 40.5 cm³/mol. The Labute approximate surface area is 73.3 Å². The van der Waals surface area contributed by atoms with E-state index in [0.29, 0.717) is 0 Å². The highest BCUT2D eigenvalue weighted by Crippen LogP contribution is 2.05. The fraction of sp³-hybridized carbons (Fsp3) is 0.500. The predicted octanol–water partition coefficient (Wildman–Crippen LogP) is -2.03. The largest absolute Gasteiger partial charge is 0.481 e. The molecule has 0 aromatic heterocycles. The van der Waals surface area contributed by atoms with Gasteiger partial charge in [-0.25, -0.2) is 0 Å². The van der Waals surface area contributed by atoms with E-state index in [1.54, 1.807) is 0 Å². The molecule has 0 bridgehead atoms. The first kappa shape index (κ1) is 11.4. The number of hydrogen-bond donors (Lipinski definition) is 4. The Morgan fingerprint density at radius 3 is 1.85 bits per heavy atom. The van der Waals surface area contributed by atoms with Crippen molar-refractivity contribution in [1.82, 2.24) is 0 Å². The van der Waals surface area contributed by atoms with Crippen LogP contribution in [0.15, 0.2) is 0 Å². The molecule has 0 aromatic rings. The number of aliphatic carboxylic acids is 2. The molecule has 0 aliphatic rings. The van der Waals surface area contributed by atoms with Crippen LogP contribution in [0.3, 0.4) is 0 Å². The zero-order valence-electron chi connectivity index (χ0n) is 6.64. The molecule has 0 fully saturated rings. The van der Waals surface area contributed by atoms with Gasteiger partial charge in [0.05, 0.1) is 0 Å². The lowest BCUT2D eigenvalue weighted by Gasteiger charge is -2.10. The SMILES string of the molecule is NC(=O)[C@H](C[C@H](N)C(=O)O)C(=O)O. The van der Waals surface area contributed by atoms with Crippen molar-refractivity contribution in [2.45, 2.75) is 12.5 Å². The van der Waals surface area contributed by atoms with Crippen molar-refractivity contribution in [1.29, 1.82) is 0 Å². The van der Waals surface area contributed by atoms with E-state index < -0.39 is 36.2 Å². The van der Waals surface area contributed by atoms with Gasteiger partial charge in [-0.2, -0.15) is 0 Å². The maximum absolute atomic E-state index is 10.5. The minimum Gasteiger partial charge on any atom is -0.481 e. The third-order valence-corrected chi connectivity index (χ3v) is 1.45. The summed E-state index contributed by atoms with van der Waals surface area (Å²) in [6.45, 7) is 0. The number of carbonyl (C=O) groups is 3. The van der Waals surface area contributed by atoms with Gasteiger partial charge in [0, 0.05) is 0 Å². The number of amides is 1. The van der Waals surface area contributed by atoms with Crippen molar-refractivity contribution in [3.63, 3.8) is 0 Å². The molecule has 0 aliphatic heterocycles. The minimum atomic E-state index is -1.55. The number of primary amides is 1. The lowest BCUT2D eigenvalue weighted by atomic mass is 10.00. The Hall–Kier alpha value is -1.63. The molecule has 2 atom stereocenters. The van der Waals surface area contributed by atoms with Gasteiger partial charge in [-0.15, -0.1) is 0 Å². The van der Waals surface area contributed by atoms with Gasteiger partial charge >= 0.3 is 11.9 Å². The highest BCUT2D eigenvalue weighted by atomic mass is 16.4. The van der Waals surface area contributed by atoms with Crippen molar-refractivity contribution in [3.05, 3.63) is 0 Å². The van der Waals surface area contributed by atoms with Gasteiger partial charge < -0.3 is 21.7 Å². The first-order valence-electron chi connectivity index (χ1n) is 3.36. The molecule has 0 saturated heterocycles. The van der Waals surface area contributed by atoms with Crippen molar-refractivity contribution in [3.8, 4) is 0 Å². The molecule has 74 valence electrons. The van der Waals surface area contributed by atoms with Crippen LogP contribution >= 0.6 is 0 Å². The van der Waals surface area contributed by atoms with Gasteiger partial charge in [-0.05, 0) is 6.42 Å². The zero-order chi connectivity index (χ0) is 10.6. The van der Waals surface area contributed by atoms with E-state index in [4.69, 9.17) is 21.7 Å². The number of carbonyl (C=O) groups excluding carboxylic acids is 1. The monoisotopic (exact) mass is 190 g/mol. The average molecular weight is 190 g/mol. The van der Waals surface area contributed by atoms with Crippen LogP contribution in [0.1, 0.15) is 6.42 Å². The number of hydrogen-bond acceptors (Lipinski definition) is 4. The standard InChI is InChI=1S/C6H10N2O5/c7-3(6(12)13)1-2(4(8)9)5(10)11/h2-3H,1,7H2,(H2,8,9)(H,10,11)(H,12,13)/t2-,3-/m0/s1. The molecular weight excluding hydrogens is 180 g/mol. The van der Waals surface area contributed by atoms with E-state index >= 15 is 0 Å². The third kappa shape index (κ3) is 3.52. The van der Waals surface area contributed by atoms with Crippen LogP contribution in [0, 0.1) is 5.92 Å². The van der Waals surface area contributed by atoms with Gasteiger partial charge in [-0.3, -0.25) is 14.4 Å². The lowest BCUT2D eigenvalue weighted by molar-refractivity contribution is -0.147. The molecule has 0 unspecified atom stereocenters. The number of nitrogens with two attached hydrogens (primary N) is 2. The first-order chi connectivity index (χ1) is 5.86. The van der Waals surface area contributed by atoms with E-state index in [1.807, 2.05) is 0 Å². The second-order valence-electron chi connectivity index (χ2n) is 2.47. The van der Waals surface area contributed by atoms with Crippen molar-refractivity contribution in [2.75, 3.05) is 0 Å². The van der Waals surface area contributed by atoms with Crippen LogP contribution in [0.2, 0.25) is 0 Å². The molecule has 0 heterocycles. The smallest absolute Gasteiger partial charge is 0.320 e. The molecule has 0 spiro atoms. The summed E-state index contributed by atoms with van der Waals surface area (Å²) >= 11 is 0. The number of carboxylic acids is 2. The molecule has 6 N–H and O–H groups in total. The maximum atomic E-state index is 10.5. The molecule has 7 heteroatoms. The Kier molecular flexibility index (Phi) is 3.86. The second-order valence-corrected chi connectivity index (χ2v) is 2.47. The van der Waals surface area contributed by atoms with Crippen LogP contribution in [-0.2, 0) is 14.4 Å². The van der Waals surface area contributed by atoms with E-state index in [0.717, 1.165) is 0 Å². The second kappa shape index (κ2) is 4.41. The summed E-state index contributed by atoms with van der Waals surface area (Å²) in [5.41, 5.74) is 9.74. The zero-order valence-corrected chi connectivity index (χ0v) is 6.64. The van der Waals surface area contributed by atoms with Crippen LogP contribution in [0.4, 0.5) is 0 Å². The van der Waals surface area contributed by atoms with E-state index in [-0.39, 0.29) is 0 Å². The molecule has 0 saturated carbocycles. The summed E-state index contributed by atoms with van der Waals surface area (Å²) in [7, 11) is 0. The van der Waals surface area contributed by atoms with Gasteiger partial charge in [0.2, 0.25) is 5.91 Å². The van der Waals surface area contributed by atoms with Crippen molar-refractivity contribution < 1.29 is 24.6 Å². The van der Waals surface area contributed by atoms with E-state index in [1.165, 1.54) is 0 Å². The van der Waals surface area contributed by atoms with Crippen LogP contribution in [-0.4, -0.2) is 34.1 Å². The average Bonchev–Trinajstić information content (AvgIpc) is 1.97. The Morgan fingerprint density at radius 2 is 1.62 bits per heavy atom. The molecular formula is C6H10N2O5. The van der Waals surface area contributed by atoms with Gasteiger partial charge in [0.1, 0.15) is 12.0 Å². The van der Waals surface area contributed by atoms with Crippen molar-refractivity contribution in [2.24, 2.45) is 17.4 Å².